The molecule has 24 heavy (non-hydrogen) atoms. The van der Waals surface area contributed by atoms with Gasteiger partial charge in [0.25, 0.3) is 0 Å². The molecule has 3 aromatic rings. The summed E-state index contributed by atoms with van der Waals surface area (Å²) in [5.74, 6) is 2.43. The first kappa shape index (κ1) is 14.7. The van der Waals surface area contributed by atoms with Crippen LogP contribution in [0.2, 0.25) is 0 Å². The number of rotatable bonds is 4. The highest BCUT2D eigenvalue weighted by molar-refractivity contribution is 5.58. The van der Waals surface area contributed by atoms with Gasteiger partial charge in [0, 0.05) is 43.4 Å². The summed E-state index contributed by atoms with van der Waals surface area (Å²) in [6, 6.07) is 6.25. The number of hydrogen-bond donors (Lipinski definition) is 1. The van der Waals surface area contributed by atoms with Crippen LogP contribution in [0.3, 0.4) is 0 Å². The van der Waals surface area contributed by atoms with Gasteiger partial charge in [-0.15, -0.1) is 0 Å². The van der Waals surface area contributed by atoms with E-state index >= 15 is 0 Å². The smallest absolute Gasteiger partial charge is 0.222 e. The average molecular weight is 321 g/mol. The third-order valence-corrected chi connectivity index (χ3v) is 4.04. The topological polar surface area (TPSA) is 64.9 Å². The summed E-state index contributed by atoms with van der Waals surface area (Å²) in [7, 11) is 0. The molecule has 0 saturated heterocycles. The summed E-state index contributed by atoms with van der Waals surface area (Å²) in [6.45, 7) is 4.90. The molecule has 0 fully saturated rings. The summed E-state index contributed by atoms with van der Waals surface area (Å²) in [6.07, 6.45) is 8.51. The zero-order chi connectivity index (χ0) is 16.5. The summed E-state index contributed by atoms with van der Waals surface area (Å²) in [5.41, 5.74) is 3.18. The van der Waals surface area contributed by atoms with Crippen molar-refractivity contribution in [1.29, 1.82) is 0 Å². The Kier molecular flexibility index (Phi) is 3.65. The van der Waals surface area contributed by atoms with Gasteiger partial charge in [-0.1, -0.05) is 0 Å². The lowest BCUT2D eigenvalue weighted by atomic mass is 10.1. The van der Waals surface area contributed by atoms with Crippen molar-refractivity contribution in [1.82, 2.24) is 19.5 Å². The predicted molar refractivity (Wildman–Crippen MR) is 92.5 cm³/mol. The Morgan fingerprint density at radius 1 is 1.25 bits per heavy atom. The largest absolute Gasteiger partial charge is 0.490 e. The number of anilines is 1. The van der Waals surface area contributed by atoms with Crippen molar-refractivity contribution in [2.75, 3.05) is 11.9 Å². The van der Waals surface area contributed by atoms with Gasteiger partial charge in [-0.25, -0.2) is 15.0 Å². The molecule has 6 nitrogen and oxygen atoms in total. The second-order valence-electron chi connectivity index (χ2n) is 5.87. The van der Waals surface area contributed by atoms with Crippen molar-refractivity contribution in [3.8, 4) is 22.8 Å². The van der Waals surface area contributed by atoms with Crippen LogP contribution < -0.4 is 10.1 Å². The number of aromatic nitrogens is 4. The van der Waals surface area contributed by atoms with Crippen LogP contribution in [-0.4, -0.2) is 32.2 Å². The third kappa shape index (κ3) is 2.60. The fraction of sp³-hybridized carbons (Fsp3) is 0.278. The summed E-state index contributed by atoms with van der Waals surface area (Å²) >= 11 is 0. The first-order chi connectivity index (χ1) is 11.7. The number of benzene rings is 1. The van der Waals surface area contributed by atoms with Crippen LogP contribution in [0.15, 0.2) is 43.0 Å². The zero-order valence-corrected chi connectivity index (χ0v) is 13.7. The van der Waals surface area contributed by atoms with E-state index in [1.807, 2.05) is 19.2 Å². The SMILES string of the molecule is CCNc1ncc(-c2nccn2-c2ccc3c(c2)CC(C)O3)cn1. The monoisotopic (exact) mass is 321 g/mol. The molecule has 0 radical (unpaired) electrons. The molecule has 1 atom stereocenters. The Morgan fingerprint density at radius 3 is 2.88 bits per heavy atom. The van der Waals surface area contributed by atoms with Gasteiger partial charge in [0.2, 0.25) is 5.95 Å². The molecule has 0 saturated carbocycles. The van der Waals surface area contributed by atoms with E-state index in [1.54, 1.807) is 18.6 Å². The van der Waals surface area contributed by atoms with Gasteiger partial charge in [0.1, 0.15) is 17.7 Å². The molecule has 3 heterocycles. The molecule has 0 bridgehead atoms. The Balaban J connectivity index is 1.69. The quantitative estimate of drug-likeness (QED) is 0.800. The molecule has 1 N–H and O–H groups in total. The molecule has 1 unspecified atom stereocenters. The molecule has 0 spiro atoms. The van der Waals surface area contributed by atoms with E-state index in [-0.39, 0.29) is 6.10 Å². The number of nitrogens with one attached hydrogen (secondary N) is 1. The number of fused-ring (bicyclic) bond motifs is 1. The normalized spacial score (nSPS) is 15.8. The van der Waals surface area contributed by atoms with Gasteiger partial charge in [-0.2, -0.15) is 0 Å². The maximum absolute atomic E-state index is 5.78. The molecule has 2 aromatic heterocycles. The second kappa shape index (κ2) is 5.96. The fourth-order valence-electron chi connectivity index (χ4n) is 2.98. The lowest BCUT2D eigenvalue weighted by Crippen LogP contribution is -2.05. The van der Waals surface area contributed by atoms with Crippen LogP contribution in [0.5, 0.6) is 5.75 Å². The van der Waals surface area contributed by atoms with Crippen molar-refractivity contribution in [3.63, 3.8) is 0 Å². The number of ether oxygens (including phenoxy) is 1. The molecule has 122 valence electrons. The van der Waals surface area contributed by atoms with Crippen LogP contribution >= 0.6 is 0 Å². The van der Waals surface area contributed by atoms with Crippen LogP contribution in [0, 0.1) is 0 Å². The minimum Gasteiger partial charge on any atom is -0.490 e. The molecular formula is C18H19N5O. The molecule has 1 aliphatic heterocycles. The van der Waals surface area contributed by atoms with Crippen molar-refractivity contribution in [3.05, 3.63) is 48.5 Å². The van der Waals surface area contributed by atoms with E-state index in [9.17, 15) is 0 Å². The number of imidazole rings is 1. The standard InChI is InChI=1S/C18H19N5O/c1-3-19-18-21-10-14(11-22-18)17-20-6-7-23(17)15-4-5-16-13(9-15)8-12(2)24-16/h4-7,9-12H,3,8H2,1-2H3,(H,19,21,22). The molecule has 0 aliphatic carbocycles. The summed E-state index contributed by atoms with van der Waals surface area (Å²) in [4.78, 5) is 13.1. The lowest BCUT2D eigenvalue weighted by Gasteiger charge is -2.09. The minimum atomic E-state index is 0.240. The first-order valence-electron chi connectivity index (χ1n) is 8.14. The lowest BCUT2D eigenvalue weighted by molar-refractivity contribution is 0.254. The number of hydrogen-bond acceptors (Lipinski definition) is 5. The molecule has 6 heteroatoms. The van der Waals surface area contributed by atoms with E-state index in [1.165, 1.54) is 5.56 Å². The highest BCUT2D eigenvalue weighted by atomic mass is 16.5. The van der Waals surface area contributed by atoms with E-state index < -0.39 is 0 Å². The molecule has 0 amide bonds. The van der Waals surface area contributed by atoms with Crippen molar-refractivity contribution >= 4 is 5.95 Å². The van der Waals surface area contributed by atoms with Crippen molar-refractivity contribution in [2.45, 2.75) is 26.4 Å². The van der Waals surface area contributed by atoms with E-state index in [2.05, 4.69) is 43.9 Å². The highest BCUT2D eigenvalue weighted by Gasteiger charge is 2.20. The first-order valence-corrected chi connectivity index (χ1v) is 8.14. The van der Waals surface area contributed by atoms with Crippen LogP contribution in [0.25, 0.3) is 17.1 Å². The Labute approximate surface area is 140 Å². The van der Waals surface area contributed by atoms with Gasteiger partial charge >= 0.3 is 0 Å². The number of nitrogens with zero attached hydrogens (tertiary/aromatic N) is 4. The van der Waals surface area contributed by atoms with Gasteiger partial charge in [0.05, 0.1) is 5.56 Å². The molecular weight excluding hydrogens is 302 g/mol. The maximum atomic E-state index is 5.78. The Hall–Kier alpha value is -2.89. The fourth-order valence-corrected chi connectivity index (χ4v) is 2.98. The average Bonchev–Trinajstić information content (AvgIpc) is 3.20. The Morgan fingerprint density at radius 2 is 2.08 bits per heavy atom. The van der Waals surface area contributed by atoms with Crippen LogP contribution in [0.1, 0.15) is 19.4 Å². The third-order valence-electron chi connectivity index (χ3n) is 4.04. The van der Waals surface area contributed by atoms with E-state index in [4.69, 9.17) is 4.74 Å². The van der Waals surface area contributed by atoms with Crippen LogP contribution in [0.4, 0.5) is 5.95 Å². The minimum absolute atomic E-state index is 0.240. The van der Waals surface area contributed by atoms with Gasteiger partial charge in [0.15, 0.2) is 0 Å². The zero-order valence-electron chi connectivity index (χ0n) is 13.7. The van der Waals surface area contributed by atoms with Gasteiger partial charge < -0.3 is 10.1 Å². The van der Waals surface area contributed by atoms with E-state index in [0.717, 1.165) is 35.8 Å². The highest BCUT2D eigenvalue weighted by Crippen LogP contribution is 2.31. The van der Waals surface area contributed by atoms with Crippen LogP contribution in [-0.2, 0) is 6.42 Å². The van der Waals surface area contributed by atoms with Gasteiger partial charge in [-0.05, 0) is 37.6 Å². The molecule has 1 aliphatic rings. The summed E-state index contributed by atoms with van der Waals surface area (Å²) in [5, 5.41) is 3.10. The maximum Gasteiger partial charge on any atom is 0.222 e. The second-order valence-corrected chi connectivity index (χ2v) is 5.87. The van der Waals surface area contributed by atoms with Crippen molar-refractivity contribution < 1.29 is 4.74 Å². The molecule has 4 rings (SSSR count). The molecule has 1 aromatic carbocycles. The summed E-state index contributed by atoms with van der Waals surface area (Å²) < 4.78 is 7.83. The van der Waals surface area contributed by atoms with Crippen molar-refractivity contribution in [2.24, 2.45) is 0 Å². The van der Waals surface area contributed by atoms with Gasteiger partial charge in [-0.3, -0.25) is 4.57 Å². The van der Waals surface area contributed by atoms with E-state index in [0.29, 0.717) is 5.95 Å². The predicted octanol–water partition coefficient (Wildman–Crippen LogP) is 3.08. The Bertz CT molecular complexity index is 856.